The second-order valence-electron chi connectivity index (χ2n) is 3.63. The Morgan fingerprint density at radius 3 is 2.74 bits per heavy atom. The van der Waals surface area contributed by atoms with Crippen LogP contribution in [-0.2, 0) is 16.6 Å². The standard InChI is InChI=1S/C10H9Cl2N3O2S2/c1-6-15-7(5-18-6)3-14-19(16,17)8-2-9(11)10(12)13-4-8/h2,4-5,14H,3H2,1H3. The number of pyridine rings is 1. The van der Waals surface area contributed by atoms with Crippen LogP contribution in [0.1, 0.15) is 10.7 Å². The van der Waals surface area contributed by atoms with Crippen LogP contribution in [-0.4, -0.2) is 18.4 Å². The minimum absolute atomic E-state index is 0.0335. The first-order chi connectivity index (χ1) is 8.88. The minimum atomic E-state index is -3.68. The predicted octanol–water partition coefficient (Wildman–Crippen LogP) is 2.63. The molecule has 0 aromatic carbocycles. The molecule has 0 atom stereocenters. The van der Waals surface area contributed by atoms with Crippen molar-refractivity contribution in [3.8, 4) is 0 Å². The number of aromatic nitrogens is 2. The van der Waals surface area contributed by atoms with Gasteiger partial charge < -0.3 is 0 Å². The van der Waals surface area contributed by atoms with Crippen molar-refractivity contribution in [2.24, 2.45) is 0 Å². The highest BCUT2D eigenvalue weighted by Gasteiger charge is 2.16. The van der Waals surface area contributed by atoms with Gasteiger partial charge in [0.25, 0.3) is 0 Å². The molecule has 0 fully saturated rings. The van der Waals surface area contributed by atoms with E-state index in [-0.39, 0.29) is 21.6 Å². The van der Waals surface area contributed by atoms with Gasteiger partial charge >= 0.3 is 0 Å². The summed E-state index contributed by atoms with van der Waals surface area (Å²) in [6.07, 6.45) is 1.16. The Labute approximate surface area is 124 Å². The third kappa shape index (κ3) is 3.64. The second kappa shape index (κ2) is 5.72. The van der Waals surface area contributed by atoms with Gasteiger partial charge in [-0.3, -0.25) is 0 Å². The van der Waals surface area contributed by atoms with Crippen LogP contribution in [0.25, 0.3) is 0 Å². The van der Waals surface area contributed by atoms with Gasteiger partial charge in [-0.15, -0.1) is 11.3 Å². The molecule has 9 heteroatoms. The molecule has 0 aliphatic rings. The number of nitrogens with zero attached hydrogens (tertiary/aromatic N) is 2. The van der Waals surface area contributed by atoms with Gasteiger partial charge in [-0.2, -0.15) is 0 Å². The number of hydrogen-bond acceptors (Lipinski definition) is 5. The van der Waals surface area contributed by atoms with Crippen molar-refractivity contribution in [3.05, 3.63) is 38.5 Å². The Morgan fingerprint density at radius 2 is 2.16 bits per heavy atom. The van der Waals surface area contributed by atoms with E-state index in [9.17, 15) is 8.42 Å². The number of thiazole rings is 1. The van der Waals surface area contributed by atoms with Crippen LogP contribution in [0.4, 0.5) is 0 Å². The molecule has 102 valence electrons. The van der Waals surface area contributed by atoms with Crippen molar-refractivity contribution in [3.63, 3.8) is 0 Å². The summed E-state index contributed by atoms with van der Waals surface area (Å²) in [6.45, 7) is 1.97. The lowest BCUT2D eigenvalue weighted by Gasteiger charge is -2.05. The van der Waals surface area contributed by atoms with Crippen LogP contribution in [0.15, 0.2) is 22.5 Å². The molecule has 0 radical (unpaired) electrons. The molecule has 0 bridgehead atoms. The molecule has 19 heavy (non-hydrogen) atoms. The van der Waals surface area contributed by atoms with E-state index < -0.39 is 10.0 Å². The number of nitrogens with one attached hydrogen (secondary N) is 1. The van der Waals surface area contributed by atoms with E-state index in [4.69, 9.17) is 23.2 Å². The molecule has 2 aromatic heterocycles. The van der Waals surface area contributed by atoms with E-state index >= 15 is 0 Å². The number of rotatable bonds is 4. The summed E-state index contributed by atoms with van der Waals surface area (Å²) in [5.74, 6) is 0. The number of aryl methyl sites for hydroxylation is 1. The van der Waals surface area contributed by atoms with E-state index in [0.717, 1.165) is 11.2 Å². The smallest absolute Gasteiger partial charge is 0.242 e. The quantitative estimate of drug-likeness (QED) is 0.870. The van der Waals surface area contributed by atoms with Crippen molar-refractivity contribution in [1.82, 2.24) is 14.7 Å². The van der Waals surface area contributed by atoms with Crippen molar-refractivity contribution in [2.75, 3.05) is 0 Å². The van der Waals surface area contributed by atoms with Crippen LogP contribution in [0, 0.1) is 6.92 Å². The largest absolute Gasteiger partial charge is 0.245 e. The molecule has 1 N–H and O–H groups in total. The topological polar surface area (TPSA) is 72.0 Å². The van der Waals surface area contributed by atoms with Gasteiger partial charge in [-0.05, 0) is 13.0 Å². The van der Waals surface area contributed by atoms with Gasteiger partial charge in [0.2, 0.25) is 10.0 Å². The molecule has 5 nitrogen and oxygen atoms in total. The van der Waals surface area contributed by atoms with Crippen LogP contribution in [0.3, 0.4) is 0 Å². The van der Waals surface area contributed by atoms with Crippen molar-refractivity contribution < 1.29 is 8.42 Å². The maximum Gasteiger partial charge on any atom is 0.242 e. The third-order valence-corrected chi connectivity index (χ3v) is 5.07. The lowest BCUT2D eigenvalue weighted by molar-refractivity contribution is 0.580. The van der Waals surface area contributed by atoms with Crippen LogP contribution in [0.2, 0.25) is 10.2 Å². The molecule has 0 saturated carbocycles. The van der Waals surface area contributed by atoms with Gasteiger partial charge in [0.05, 0.1) is 22.3 Å². The molecule has 0 spiro atoms. The summed E-state index contributed by atoms with van der Waals surface area (Å²) < 4.78 is 26.4. The Kier molecular flexibility index (Phi) is 4.42. The summed E-state index contributed by atoms with van der Waals surface area (Å²) in [5.41, 5.74) is 0.666. The highest BCUT2D eigenvalue weighted by molar-refractivity contribution is 7.89. The van der Waals surface area contributed by atoms with E-state index in [2.05, 4.69) is 14.7 Å². The average molecular weight is 338 g/mol. The molecule has 0 aliphatic heterocycles. The molecule has 2 rings (SSSR count). The second-order valence-corrected chi connectivity index (χ2v) is 7.22. The Hall–Kier alpha value is -0.730. The molecular formula is C10H9Cl2N3O2S2. The minimum Gasteiger partial charge on any atom is -0.245 e. The highest BCUT2D eigenvalue weighted by Crippen LogP contribution is 2.22. The van der Waals surface area contributed by atoms with Gasteiger partial charge in [0.15, 0.2) is 0 Å². The number of sulfonamides is 1. The predicted molar refractivity (Wildman–Crippen MR) is 75.1 cm³/mol. The maximum atomic E-state index is 12.0. The summed E-state index contributed by atoms with van der Waals surface area (Å²) in [5, 5.41) is 2.83. The molecule has 0 unspecified atom stereocenters. The van der Waals surface area contributed by atoms with Gasteiger partial charge in [0, 0.05) is 11.6 Å². The van der Waals surface area contributed by atoms with Crippen LogP contribution < -0.4 is 4.72 Å². The zero-order valence-electron chi connectivity index (χ0n) is 9.72. The third-order valence-electron chi connectivity index (χ3n) is 2.19. The van der Waals surface area contributed by atoms with Crippen molar-refractivity contribution in [2.45, 2.75) is 18.4 Å². The zero-order chi connectivity index (χ0) is 14.0. The fraction of sp³-hybridized carbons (Fsp3) is 0.200. The Morgan fingerprint density at radius 1 is 1.42 bits per heavy atom. The lowest BCUT2D eigenvalue weighted by atomic mass is 10.5. The van der Waals surface area contributed by atoms with E-state index in [1.165, 1.54) is 17.4 Å². The Balaban J connectivity index is 2.16. The number of hydrogen-bond donors (Lipinski definition) is 1. The fourth-order valence-electron chi connectivity index (χ4n) is 1.29. The normalized spacial score (nSPS) is 11.7. The SMILES string of the molecule is Cc1nc(CNS(=O)(=O)c2cnc(Cl)c(Cl)c2)cs1. The number of halogens is 2. The molecule has 0 amide bonds. The van der Waals surface area contributed by atoms with Gasteiger partial charge in [-0.1, -0.05) is 23.2 Å². The first kappa shape index (κ1) is 14.7. The summed E-state index contributed by atoms with van der Waals surface area (Å²) in [4.78, 5) is 7.84. The first-order valence-electron chi connectivity index (χ1n) is 5.10. The fourth-order valence-corrected chi connectivity index (χ4v) is 3.21. The van der Waals surface area contributed by atoms with Crippen molar-refractivity contribution in [1.29, 1.82) is 0 Å². The first-order valence-corrected chi connectivity index (χ1v) is 8.22. The van der Waals surface area contributed by atoms with E-state index in [1.807, 2.05) is 6.92 Å². The molecule has 0 aliphatic carbocycles. The zero-order valence-corrected chi connectivity index (χ0v) is 12.9. The average Bonchev–Trinajstić information content (AvgIpc) is 2.76. The summed E-state index contributed by atoms with van der Waals surface area (Å²) in [6, 6.07) is 1.26. The molecular weight excluding hydrogens is 329 g/mol. The monoisotopic (exact) mass is 337 g/mol. The van der Waals surface area contributed by atoms with Crippen LogP contribution in [0.5, 0.6) is 0 Å². The van der Waals surface area contributed by atoms with E-state index in [0.29, 0.717) is 5.69 Å². The summed E-state index contributed by atoms with van der Waals surface area (Å²) >= 11 is 12.8. The van der Waals surface area contributed by atoms with Crippen molar-refractivity contribution >= 4 is 44.6 Å². The maximum absolute atomic E-state index is 12.0. The summed E-state index contributed by atoms with van der Waals surface area (Å²) in [7, 11) is -3.68. The Bertz CT molecular complexity index is 701. The molecule has 2 heterocycles. The lowest BCUT2D eigenvalue weighted by Crippen LogP contribution is -2.23. The van der Waals surface area contributed by atoms with Gasteiger partial charge in [0.1, 0.15) is 10.0 Å². The van der Waals surface area contributed by atoms with Crippen LogP contribution >= 0.6 is 34.5 Å². The highest BCUT2D eigenvalue weighted by atomic mass is 35.5. The molecule has 2 aromatic rings. The van der Waals surface area contributed by atoms with E-state index in [1.54, 1.807) is 5.38 Å². The van der Waals surface area contributed by atoms with Gasteiger partial charge in [-0.25, -0.2) is 23.1 Å². The molecule has 0 saturated heterocycles.